The van der Waals surface area contributed by atoms with Gasteiger partial charge in [0, 0.05) is 13.1 Å². The van der Waals surface area contributed by atoms with Crippen LogP contribution in [0.1, 0.15) is 19.4 Å². The molecule has 1 amide bonds. The number of fused-ring (bicyclic) bond motifs is 1. The summed E-state index contributed by atoms with van der Waals surface area (Å²) in [4.78, 5) is 11.9. The van der Waals surface area contributed by atoms with E-state index in [1.165, 1.54) is 0 Å². The average Bonchev–Trinajstić information content (AvgIpc) is 2.47. The monoisotopic (exact) mass is 278 g/mol. The summed E-state index contributed by atoms with van der Waals surface area (Å²) in [7, 11) is 0. The molecular formula is C15H22N2O3. The van der Waals surface area contributed by atoms with Gasteiger partial charge in [0.2, 0.25) is 5.91 Å². The van der Waals surface area contributed by atoms with E-state index in [4.69, 9.17) is 15.2 Å². The lowest BCUT2D eigenvalue weighted by Gasteiger charge is -2.21. The van der Waals surface area contributed by atoms with Gasteiger partial charge in [-0.3, -0.25) is 4.79 Å². The first kappa shape index (κ1) is 14.7. The molecular weight excluding hydrogens is 256 g/mol. The number of hydrogen-bond donors (Lipinski definition) is 2. The van der Waals surface area contributed by atoms with Crippen LogP contribution in [0.2, 0.25) is 0 Å². The van der Waals surface area contributed by atoms with Crippen molar-refractivity contribution in [3.8, 4) is 11.5 Å². The van der Waals surface area contributed by atoms with E-state index in [0.29, 0.717) is 26.3 Å². The minimum Gasteiger partial charge on any atom is -0.486 e. The molecule has 3 N–H and O–H groups in total. The Hall–Kier alpha value is -1.75. The fourth-order valence-corrected chi connectivity index (χ4v) is 1.90. The van der Waals surface area contributed by atoms with Crippen molar-refractivity contribution in [1.82, 2.24) is 5.32 Å². The van der Waals surface area contributed by atoms with E-state index in [1.54, 1.807) is 0 Å². The average molecular weight is 278 g/mol. The van der Waals surface area contributed by atoms with Crippen molar-refractivity contribution in [2.24, 2.45) is 11.1 Å². The molecule has 5 heteroatoms. The third-order valence-electron chi connectivity index (χ3n) is 3.43. The largest absolute Gasteiger partial charge is 0.486 e. The maximum absolute atomic E-state index is 11.9. The van der Waals surface area contributed by atoms with Crippen molar-refractivity contribution in [3.63, 3.8) is 0 Å². The number of rotatable bonds is 5. The number of carbonyl (C=O) groups is 1. The summed E-state index contributed by atoms with van der Waals surface area (Å²) in [5.41, 5.74) is 6.17. The van der Waals surface area contributed by atoms with Crippen molar-refractivity contribution in [2.75, 3.05) is 26.3 Å². The van der Waals surface area contributed by atoms with Crippen molar-refractivity contribution in [2.45, 2.75) is 20.3 Å². The van der Waals surface area contributed by atoms with Crippen LogP contribution in [0.5, 0.6) is 11.5 Å². The number of nitrogens with two attached hydrogens (primary N) is 1. The van der Waals surface area contributed by atoms with Crippen LogP contribution in [-0.2, 0) is 11.2 Å². The summed E-state index contributed by atoms with van der Waals surface area (Å²) >= 11 is 0. The Morgan fingerprint density at radius 1 is 1.30 bits per heavy atom. The van der Waals surface area contributed by atoms with Gasteiger partial charge in [0.1, 0.15) is 13.2 Å². The fraction of sp³-hybridized carbons (Fsp3) is 0.533. The van der Waals surface area contributed by atoms with Gasteiger partial charge in [-0.25, -0.2) is 0 Å². The minimum atomic E-state index is -0.521. The second-order valence-electron chi connectivity index (χ2n) is 5.57. The molecule has 110 valence electrons. The van der Waals surface area contributed by atoms with Crippen LogP contribution in [0.3, 0.4) is 0 Å². The van der Waals surface area contributed by atoms with E-state index in [0.717, 1.165) is 23.5 Å². The van der Waals surface area contributed by atoms with E-state index in [-0.39, 0.29) is 5.91 Å². The molecule has 1 aliphatic heterocycles. The lowest BCUT2D eigenvalue weighted by atomic mass is 9.92. The van der Waals surface area contributed by atoms with Gasteiger partial charge in [0.15, 0.2) is 11.5 Å². The lowest BCUT2D eigenvalue weighted by molar-refractivity contribution is -0.128. The molecule has 0 unspecified atom stereocenters. The highest BCUT2D eigenvalue weighted by Gasteiger charge is 2.25. The van der Waals surface area contributed by atoms with Crippen molar-refractivity contribution in [3.05, 3.63) is 23.8 Å². The van der Waals surface area contributed by atoms with Crippen LogP contribution in [0.25, 0.3) is 0 Å². The van der Waals surface area contributed by atoms with Gasteiger partial charge in [-0.2, -0.15) is 0 Å². The van der Waals surface area contributed by atoms with Crippen LogP contribution in [0.15, 0.2) is 18.2 Å². The molecule has 0 atom stereocenters. The van der Waals surface area contributed by atoms with Crippen LogP contribution in [0, 0.1) is 5.41 Å². The Kier molecular flexibility index (Phi) is 4.49. The zero-order valence-electron chi connectivity index (χ0n) is 12.1. The SMILES string of the molecule is CC(C)(CN)C(=O)NCCc1ccc2c(c1)OCCO2. The molecule has 1 aromatic rings. The number of amides is 1. The number of hydrogen-bond acceptors (Lipinski definition) is 4. The predicted octanol–water partition coefficient (Wildman–Crippen LogP) is 1.10. The van der Waals surface area contributed by atoms with Crippen LogP contribution >= 0.6 is 0 Å². The topological polar surface area (TPSA) is 73.6 Å². The first-order chi connectivity index (χ1) is 9.53. The third kappa shape index (κ3) is 3.42. The van der Waals surface area contributed by atoms with E-state index in [9.17, 15) is 4.79 Å². The predicted molar refractivity (Wildman–Crippen MR) is 77.0 cm³/mol. The summed E-state index contributed by atoms with van der Waals surface area (Å²) < 4.78 is 11.0. The quantitative estimate of drug-likeness (QED) is 0.846. The van der Waals surface area contributed by atoms with Gasteiger partial charge < -0.3 is 20.5 Å². The van der Waals surface area contributed by atoms with Gasteiger partial charge >= 0.3 is 0 Å². The molecule has 0 aromatic heterocycles. The Bertz CT molecular complexity index is 486. The summed E-state index contributed by atoms with van der Waals surface area (Å²) in [6, 6.07) is 5.87. The van der Waals surface area contributed by atoms with Gasteiger partial charge in [-0.15, -0.1) is 0 Å². The molecule has 0 bridgehead atoms. The molecule has 0 fully saturated rings. The molecule has 0 spiro atoms. The first-order valence-corrected chi connectivity index (χ1v) is 6.90. The number of benzene rings is 1. The smallest absolute Gasteiger partial charge is 0.226 e. The molecule has 2 rings (SSSR count). The van der Waals surface area contributed by atoms with Crippen molar-refractivity contribution in [1.29, 1.82) is 0 Å². The maximum atomic E-state index is 11.9. The highest BCUT2D eigenvalue weighted by molar-refractivity contribution is 5.82. The van der Waals surface area contributed by atoms with E-state index < -0.39 is 5.41 Å². The van der Waals surface area contributed by atoms with Gasteiger partial charge in [0.25, 0.3) is 0 Å². The molecule has 5 nitrogen and oxygen atoms in total. The van der Waals surface area contributed by atoms with Crippen LogP contribution in [0.4, 0.5) is 0 Å². The van der Waals surface area contributed by atoms with E-state index >= 15 is 0 Å². The molecule has 1 aliphatic rings. The molecule has 0 saturated heterocycles. The van der Waals surface area contributed by atoms with Crippen LogP contribution < -0.4 is 20.5 Å². The maximum Gasteiger partial charge on any atom is 0.226 e. The second kappa shape index (κ2) is 6.13. The summed E-state index contributed by atoms with van der Waals surface area (Å²) in [5.74, 6) is 1.55. The molecule has 0 radical (unpaired) electrons. The zero-order chi connectivity index (χ0) is 14.6. The molecule has 1 heterocycles. The molecule has 1 aromatic carbocycles. The van der Waals surface area contributed by atoms with Crippen molar-refractivity contribution < 1.29 is 14.3 Å². The van der Waals surface area contributed by atoms with E-state index in [2.05, 4.69) is 5.32 Å². The highest BCUT2D eigenvalue weighted by Crippen LogP contribution is 2.30. The summed E-state index contributed by atoms with van der Waals surface area (Å²) in [6.07, 6.45) is 0.753. The molecule has 0 aliphatic carbocycles. The van der Waals surface area contributed by atoms with Gasteiger partial charge in [-0.05, 0) is 38.0 Å². The second-order valence-corrected chi connectivity index (χ2v) is 5.57. The minimum absolute atomic E-state index is 0.0162. The van der Waals surface area contributed by atoms with Gasteiger partial charge in [0.05, 0.1) is 5.41 Å². The summed E-state index contributed by atoms with van der Waals surface area (Å²) in [5, 5.41) is 2.91. The zero-order valence-corrected chi connectivity index (χ0v) is 12.1. The number of nitrogens with one attached hydrogen (secondary N) is 1. The Balaban J connectivity index is 1.87. The van der Waals surface area contributed by atoms with Crippen molar-refractivity contribution >= 4 is 5.91 Å². The Morgan fingerprint density at radius 2 is 2.00 bits per heavy atom. The van der Waals surface area contributed by atoms with Crippen LogP contribution in [-0.4, -0.2) is 32.2 Å². The fourth-order valence-electron chi connectivity index (χ4n) is 1.90. The Morgan fingerprint density at radius 3 is 2.70 bits per heavy atom. The number of carbonyl (C=O) groups excluding carboxylic acids is 1. The first-order valence-electron chi connectivity index (χ1n) is 6.90. The highest BCUT2D eigenvalue weighted by atomic mass is 16.6. The van der Waals surface area contributed by atoms with E-state index in [1.807, 2.05) is 32.0 Å². The van der Waals surface area contributed by atoms with Gasteiger partial charge in [-0.1, -0.05) is 6.07 Å². The number of ether oxygens (including phenoxy) is 2. The lowest BCUT2D eigenvalue weighted by Crippen LogP contribution is -2.42. The Labute approximate surface area is 119 Å². The normalized spacial score (nSPS) is 13.9. The standard InChI is InChI=1S/C15H22N2O3/c1-15(2,10-16)14(18)17-6-5-11-3-4-12-13(9-11)20-8-7-19-12/h3-4,9H,5-8,10,16H2,1-2H3,(H,17,18). The molecule has 20 heavy (non-hydrogen) atoms. The third-order valence-corrected chi connectivity index (χ3v) is 3.43. The summed E-state index contributed by atoms with van der Waals surface area (Å²) in [6.45, 7) is 5.78. The molecule has 0 saturated carbocycles.